The number of hydrogen-bond donors (Lipinski definition) is 1. The molecule has 13 heteroatoms. The number of nitrogens with one attached hydrogen (secondary N) is 1. The number of ether oxygens (including phenoxy) is 2. The van der Waals surface area contributed by atoms with Gasteiger partial charge in [0.15, 0.2) is 11.5 Å². The Balaban J connectivity index is 1.63. The second-order valence-electron chi connectivity index (χ2n) is 8.08. The molecule has 1 amide bonds. The van der Waals surface area contributed by atoms with Gasteiger partial charge in [-0.15, -0.1) is 0 Å². The highest BCUT2D eigenvalue weighted by molar-refractivity contribution is 7.92. The molecule has 0 radical (unpaired) electrons. The first-order valence-corrected chi connectivity index (χ1v) is 13.0. The number of hydrazone groups is 1. The average molecular weight is 568 g/mol. The molecule has 0 bridgehead atoms. The molecule has 0 saturated carbocycles. The lowest BCUT2D eigenvalue weighted by Crippen LogP contribution is -2.40. The molecule has 0 aliphatic carbocycles. The Morgan fingerprint density at radius 3 is 2.39 bits per heavy atom. The van der Waals surface area contributed by atoms with Crippen LogP contribution in [0.3, 0.4) is 0 Å². The van der Waals surface area contributed by atoms with Crippen molar-refractivity contribution in [3.8, 4) is 11.5 Å². The van der Waals surface area contributed by atoms with E-state index in [9.17, 15) is 26.4 Å². The van der Waals surface area contributed by atoms with Gasteiger partial charge < -0.3 is 9.47 Å². The third-order valence-corrected chi connectivity index (χ3v) is 7.56. The van der Waals surface area contributed by atoms with Crippen LogP contribution in [0.5, 0.6) is 11.5 Å². The predicted octanol–water partition coefficient (Wildman–Crippen LogP) is 4.87. The molecule has 0 saturated heterocycles. The Morgan fingerprint density at radius 2 is 1.71 bits per heavy atom. The van der Waals surface area contributed by atoms with E-state index < -0.39 is 39.9 Å². The quantitative estimate of drug-likeness (QED) is 0.325. The van der Waals surface area contributed by atoms with Crippen LogP contribution < -0.4 is 19.2 Å². The third kappa shape index (κ3) is 6.03. The van der Waals surface area contributed by atoms with Crippen molar-refractivity contribution in [2.45, 2.75) is 18.0 Å². The van der Waals surface area contributed by atoms with Crippen molar-refractivity contribution < 1.29 is 35.9 Å². The van der Waals surface area contributed by atoms with Crippen LogP contribution in [0.2, 0.25) is 5.02 Å². The number of anilines is 1. The molecular formula is C25H21ClF3N3O5S. The predicted molar refractivity (Wildman–Crippen MR) is 135 cm³/mol. The topological polar surface area (TPSA) is 97.3 Å². The van der Waals surface area contributed by atoms with Crippen LogP contribution >= 0.6 is 11.6 Å². The van der Waals surface area contributed by atoms with Crippen molar-refractivity contribution in [1.29, 1.82) is 0 Å². The van der Waals surface area contributed by atoms with E-state index in [1.165, 1.54) is 24.3 Å². The minimum Gasteiger partial charge on any atom is -0.486 e. The van der Waals surface area contributed by atoms with E-state index in [-0.39, 0.29) is 9.92 Å². The van der Waals surface area contributed by atoms with Gasteiger partial charge in [-0.2, -0.15) is 18.3 Å². The number of amides is 1. The number of carbonyl (C=O) groups excluding carboxylic acids is 1. The average Bonchev–Trinajstić information content (AvgIpc) is 2.90. The molecule has 8 nitrogen and oxygen atoms in total. The molecule has 1 aliphatic heterocycles. The summed E-state index contributed by atoms with van der Waals surface area (Å²) >= 11 is 6.13. The molecule has 0 aromatic heterocycles. The summed E-state index contributed by atoms with van der Waals surface area (Å²) in [6.07, 6.45) is -4.77. The summed E-state index contributed by atoms with van der Waals surface area (Å²) < 4.78 is 78.6. The standard InChI is InChI=1S/C25H21ClF3N3O5S/c1-16(17-7-10-22-23(13-17)37-12-11-36-22)30-31-24(33)15-32(38(34,35)19-5-3-2-4-6-19)21-14-18(25(27,28)29)8-9-20(21)26/h2-10,13-14H,11-12,15H2,1H3,(H,31,33)/b30-16-. The summed E-state index contributed by atoms with van der Waals surface area (Å²) in [6.45, 7) is 1.52. The molecular weight excluding hydrogens is 547 g/mol. The van der Waals surface area contributed by atoms with Crippen molar-refractivity contribution in [1.82, 2.24) is 5.43 Å². The molecule has 38 heavy (non-hydrogen) atoms. The van der Waals surface area contributed by atoms with Gasteiger partial charge in [-0.05, 0) is 55.5 Å². The maximum Gasteiger partial charge on any atom is 0.416 e. The molecule has 4 rings (SSSR count). The lowest BCUT2D eigenvalue weighted by Gasteiger charge is -2.25. The molecule has 1 N–H and O–H groups in total. The zero-order valence-corrected chi connectivity index (χ0v) is 21.4. The Hall–Kier alpha value is -3.77. The van der Waals surface area contributed by atoms with Gasteiger partial charge in [0.1, 0.15) is 19.8 Å². The van der Waals surface area contributed by atoms with E-state index in [1.807, 2.05) is 0 Å². The summed E-state index contributed by atoms with van der Waals surface area (Å²) in [7, 11) is -4.49. The van der Waals surface area contributed by atoms with Gasteiger partial charge in [-0.25, -0.2) is 13.8 Å². The third-order valence-electron chi connectivity index (χ3n) is 5.47. The number of carbonyl (C=O) groups is 1. The Bertz CT molecular complexity index is 1480. The largest absolute Gasteiger partial charge is 0.486 e. The van der Waals surface area contributed by atoms with Crippen LogP contribution in [0.15, 0.2) is 76.7 Å². The van der Waals surface area contributed by atoms with Crippen LogP contribution in [-0.2, 0) is 21.0 Å². The number of sulfonamides is 1. The van der Waals surface area contributed by atoms with E-state index >= 15 is 0 Å². The van der Waals surface area contributed by atoms with Gasteiger partial charge in [-0.1, -0.05) is 29.8 Å². The van der Waals surface area contributed by atoms with Gasteiger partial charge in [-0.3, -0.25) is 9.10 Å². The summed E-state index contributed by atoms with van der Waals surface area (Å²) in [5.74, 6) is 0.167. The van der Waals surface area contributed by atoms with E-state index in [0.717, 1.165) is 12.1 Å². The van der Waals surface area contributed by atoms with Gasteiger partial charge in [0.2, 0.25) is 0 Å². The highest BCUT2D eigenvalue weighted by Gasteiger charge is 2.34. The Kier molecular flexibility index (Phi) is 7.83. The molecule has 1 aliphatic rings. The van der Waals surface area contributed by atoms with Crippen LogP contribution in [-0.4, -0.2) is 39.8 Å². The lowest BCUT2D eigenvalue weighted by atomic mass is 10.1. The molecule has 0 spiro atoms. The zero-order chi connectivity index (χ0) is 27.5. The second-order valence-corrected chi connectivity index (χ2v) is 10.3. The monoisotopic (exact) mass is 567 g/mol. The maximum absolute atomic E-state index is 13.4. The van der Waals surface area contributed by atoms with Crippen molar-refractivity contribution in [3.05, 3.63) is 82.9 Å². The number of rotatable bonds is 7. The van der Waals surface area contributed by atoms with Crippen molar-refractivity contribution in [3.63, 3.8) is 0 Å². The maximum atomic E-state index is 13.4. The first-order valence-electron chi connectivity index (χ1n) is 11.1. The highest BCUT2D eigenvalue weighted by Crippen LogP contribution is 2.37. The van der Waals surface area contributed by atoms with Gasteiger partial charge in [0.05, 0.1) is 26.9 Å². The second kappa shape index (κ2) is 10.9. The van der Waals surface area contributed by atoms with E-state index in [2.05, 4.69) is 10.5 Å². The normalized spacial score (nSPS) is 13.7. The first kappa shape index (κ1) is 27.3. The van der Waals surface area contributed by atoms with Gasteiger partial charge >= 0.3 is 6.18 Å². The molecule has 0 unspecified atom stereocenters. The van der Waals surface area contributed by atoms with Gasteiger partial charge in [0, 0.05) is 5.56 Å². The number of alkyl halides is 3. The number of fused-ring (bicyclic) bond motifs is 1. The van der Waals surface area contributed by atoms with Gasteiger partial charge in [0.25, 0.3) is 15.9 Å². The molecule has 200 valence electrons. The summed E-state index contributed by atoms with van der Waals surface area (Å²) in [4.78, 5) is 12.6. The van der Waals surface area contributed by atoms with E-state index in [1.54, 1.807) is 31.2 Å². The van der Waals surface area contributed by atoms with Crippen LogP contribution in [0.4, 0.5) is 18.9 Å². The van der Waals surface area contributed by atoms with Crippen LogP contribution in [0.25, 0.3) is 0 Å². The summed E-state index contributed by atoms with van der Waals surface area (Å²) in [6, 6.07) is 14.3. The minimum atomic E-state index is -4.77. The SMILES string of the molecule is C/C(=N/NC(=O)CN(c1cc(C(F)(F)F)ccc1Cl)S(=O)(=O)c1ccccc1)c1ccc2c(c1)OCCO2. The summed E-state index contributed by atoms with van der Waals surface area (Å²) in [5.41, 5.74) is 1.59. The molecule has 1 heterocycles. The number of hydrogen-bond acceptors (Lipinski definition) is 6. The highest BCUT2D eigenvalue weighted by atomic mass is 35.5. The Morgan fingerprint density at radius 1 is 1.03 bits per heavy atom. The lowest BCUT2D eigenvalue weighted by molar-refractivity contribution is -0.137. The van der Waals surface area contributed by atoms with Crippen molar-refractivity contribution >= 4 is 38.9 Å². The van der Waals surface area contributed by atoms with Crippen molar-refractivity contribution in [2.75, 3.05) is 24.1 Å². The zero-order valence-electron chi connectivity index (χ0n) is 19.8. The minimum absolute atomic E-state index is 0.239. The molecule has 3 aromatic rings. The Labute approximate surface area is 221 Å². The van der Waals surface area contributed by atoms with E-state index in [0.29, 0.717) is 46.4 Å². The molecule has 0 atom stereocenters. The number of benzene rings is 3. The van der Waals surface area contributed by atoms with E-state index in [4.69, 9.17) is 21.1 Å². The smallest absolute Gasteiger partial charge is 0.416 e. The fraction of sp³-hybridized carbons (Fsp3) is 0.200. The number of nitrogens with zero attached hydrogens (tertiary/aromatic N) is 2. The fourth-order valence-electron chi connectivity index (χ4n) is 3.54. The van der Waals surface area contributed by atoms with Crippen molar-refractivity contribution in [2.24, 2.45) is 5.10 Å². The molecule has 3 aromatic carbocycles. The first-order chi connectivity index (χ1) is 18.0. The van der Waals surface area contributed by atoms with Crippen LogP contribution in [0.1, 0.15) is 18.1 Å². The summed E-state index contributed by atoms with van der Waals surface area (Å²) in [5, 5.41) is 3.72. The fourth-order valence-corrected chi connectivity index (χ4v) is 5.27. The van der Waals surface area contributed by atoms with Crippen LogP contribution in [0, 0.1) is 0 Å². The number of halogens is 4. The molecule has 0 fully saturated rings.